The van der Waals surface area contributed by atoms with Gasteiger partial charge in [0.2, 0.25) is 0 Å². The Labute approximate surface area is 191 Å². The summed E-state index contributed by atoms with van der Waals surface area (Å²) in [6.07, 6.45) is 6.41. The van der Waals surface area contributed by atoms with Crippen LogP contribution in [0, 0.1) is 5.92 Å². The molecule has 29 heavy (non-hydrogen) atoms. The van der Waals surface area contributed by atoms with Crippen molar-refractivity contribution in [1.82, 2.24) is 4.90 Å². The van der Waals surface area contributed by atoms with Gasteiger partial charge in [-0.3, -0.25) is 4.99 Å². The highest BCUT2D eigenvalue weighted by Gasteiger charge is 2.27. The number of rotatable bonds is 4. The van der Waals surface area contributed by atoms with E-state index in [9.17, 15) is 4.79 Å². The molecule has 6 nitrogen and oxygen atoms in total. The smallest absolute Gasteiger partial charge is 0.410 e. The molecular weight excluding hydrogens is 479 g/mol. The van der Waals surface area contributed by atoms with Crippen LogP contribution in [0.15, 0.2) is 23.2 Å². The van der Waals surface area contributed by atoms with Crippen LogP contribution in [0.5, 0.6) is 0 Å². The normalized spacial score (nSPS) is 19.3. The molecule has 1 fully saturated rings. The van der Waals surface area contributed by atoms with E-state index in [0.717, 1.165) is 44.5 Å². The van der Waals surface area contributed by atoms with Crippen LogP contribution in [0.2, 0.25) is 0 Å². The SMILES string of the molecule is CC(C)(C)OC(=O)N1CCCC(CCN=C(N)Nc2ccc3c(c2)CCC3)C1.I. The number of nitrogens with zero attached hydrogens (tertiary/aromatic N) is 2. The van der Waals surface area contributed by atoms with Crippen LogP contribution >= 0.6 is 24.0 Å². The Hall–Kier alpha value is -1.51. The molecule has 0 radical (unpaired) electrons. The molecule has 7 heteroatoms. The van der Waals surface area contributed by atoms with Gasteiger partial charge in [-0.1, -0.05) is 6.07 Å². The van der Waals surface area contributed by atoms with Crippen molar-refractivity contribution in [3.8, 4) is 0 Å². The highest BCUT2D eigenvalue weighted by molar-refractivity contribution is 14.0. The number of ether oxygens (including phenoxy) is 1. The molecule has 0 saturated carbocycles. The number of likely N-dealkylation sites (tertiary alicyclic amines) is 1. The number of anilines is 1. The maximum atomic E-state index is 12.3. The second-order valence-electron chi connectivity index (χ2n) is 8.95. The summed E-state index contributed by atoms with van der Waals surface area (Å²) in [4.78, 5) is 18.6. The van der Waals surface area contributed by atoms with Crippen LogP contribution in [0.25, 0.3) is 0 Å². The lowest BCUT2D eigenvalue weighted by molar-refractivity contribution is 0.0163. The van der Waals surface area contributed by atoms with E-state index in [0.29, 0.717) is 18.4 Å². The van der Waals surface area contributed by atoms with Crippen LogP contribution in [0.4, 0.5) is 10.5 Å². The average molecular weight is 514 g/mol. The summed E-state index contributed by atoms with van der Waals surface area (Å²) in [5, 5.41) is 3.21. The molecule has 1 heterocycles. The quantitative estimate of drug-likeness (QED) is 0.351. The van der Waals surface area contributed by atoms with E-state index in [2.05, 4.69) is 28.5 Å². The summed E-state index contributed by atoms with van der Waals surface area (Å²) in [5.41, 5.74) is 9.49. The van der Waals surface area contributed by atoms with E-state index in [1.165, 1.54) is 24.0 Å². The van der Waals surface area contributed by atoms with Crippen LogP contribution in [-0.4, -0.2) is 42.2 Å². The summed E-state index contributed by atoms with van der Waals surface area (Å²) in [6.45, 7) is 7.88. The number of carbonyl (C=O) groups is 1. The van der Waals surface area contributed by atoms with E-state index in [1.54, 1.807) is 0 Å². The van der Waals surface area contributed by atoms with Gasteiger partial charge in [0, 0.05) is 25.3 Å². The fraction of sp³-hybridized carbons (Fsp3) is 0.636. The Morgan fingerprint density at radius 1 is 1.28 bits per heavy atom. The predicted octanol–water partition coefficient (Wildman–Crippen LogP) is 4.56. The standard InChI is InChI=1S/C22H34N4O2.HI/c1-22(2,3)28-21(27)26-13-5-6-16(15-26)11-12-24-20(23)25-19-10-9-17-7-4-8-18(17)14-19;/h9-10,14,16H,4-8,11-13,15H2,1-3H3,(H3,23,24,25);1H. The van der Waals surface area contributed by atoms with Crippen molar-refractivity contribution in [2.24, 2.45) is 16.6 Å². The van der Waals surface area contributed by atoms with Gasteiger partial charge in [-0.2, -0.15) is 0 Å². The molecule has 1 saturated heterocycles. The summed E-state index contributed by atoms with van der Waals surface area (Å²) in [5.74, 6) is 0.899. The molecule has 1 atom stereocenters. The first-order valence-corrected chi connectivity index (χ1v) is 10.5. The Balaban J connectivity index is 0.00000300. The first kappa shape index (κ1) is 23.8. The maximum absolute atomic E-state index is 12.3. The number of hydrogen-bond donors (Lipinski definition) is 2. The number of halogens is 1. The zero-order chi connectivity index (χ0) is 20.1. The van der Waals surface area contributed by atoms with Crippen molar-refractivity contribution in [3.63, 3.8) is 0 Å². The van der Waals surface area contributed by atoms with Gasteiger partial charge in [0.05, 0.1) is 0 Å². The van der Waals surface area contributed by atoms with Crippen LogP contribution in [0.1, 0.15) is 57.6 Å². The minimum absolute atomic E-state index is 0. The fourth-order valence-corrected chi connectivity index (χ4v) is 4.00. The van der Waals surface area contributed by atoms with Crippen molar-refractivity contribution < 1.29 is 9.53 Å². The summed E-state index contributed by atoms with van der Waals surface area (Å²) < 4.78 is 5.50. The number of piperidine rings is 1. The molecule has 0 aromatic heterocycles. The lowest BCUT2D eigenvalue weighted by Gasteiger charge is -2.34. The average Bonchev–Trinajstić information content (AvgIpc) is 3.08. The molecule has 3 N–H and O–H groups in total. The maximum Gasteiger partial charge on any atom is 0.410 e. The minimum atomic E-state index is -0.452. The van der Waals surface area contributed by atoms with Crippen molar-refractivity contribution in [2.75, 3.05) is 25.0 Å². The van der Waals surface area contributed by atoms with Crippen molar-refractivity contribution in [2.45, 2.75) is 64.9 Å². The third-order valence-corrected chi connectivity index (χ3v) is 5.36. The number of hydrogen-bond acceptors (Lipinski definition) is 3. The molecule has 1 aromatic rings. The largest absolute Gasteiger partial charge is 0.444 e. The van der Waals surface area contributed by atoms with E-state index >= 15 is 0 Å². The van der Waals surface area contributed by atoms with Gasteiger partial charge in [-0.05, 0) is 88.5 Å². The number of aliphatic imine (C=N–C) groups is 1. The predicted molar refractivity (Wildman–Crippen MR) is 129 cm³/mol. The van der Waals surface area contributed by atoms with E-state index in [-0.39, 0.29) is 30.1 Å². The molecule has 0 bridgehead atoms. The first-order chi connectivity index (χ1) is 13.3. The molecule has 0 spiro atoms. The number of carbonyl (C=O) groups excluding carboxylic acids is 1. The number of benzene rings is 1. The molecule has 1 aliphatic carbocycles. The van der Waals surface area contributed by atoms with Gasteiger partial charge in [-0.15, -0.1) is 24.0 Å². The summed E-state index contributed by atoms with van der Waals surface area (Å²) >= 11 is 0. The van der Waals surface area contributed by atoms with E-state index < -0.39 is 5.60 Å². The third kappa shape index (κ3) is 7.35. The fourth-order valence-electron chi connectivity index (χ4n) is 4.00. The molecule has 162 valence electrons. The second-order valence-corrected chi connectivity index (χ2v) is 8.95. The minimum Gasteiger partial charge on any atom is -0.444 e. The summed E-state index contributed by atoms with van der Waals surface area (Å²) in [7, 11) is 0. The Kier molecular flexibility index (Phi) is 8.60. The van der Waals surface area contributed by atoms with Gasteiger partial charge < -0.3 is 20.7 Å². The van der Waals surface area contributed by atoms with Crippen LogP contribution in [0.3, 0.4) is 0 Å². The Bertz CT molecular complexity index is 730. The Morgan fingerprint density at radius 2 is 2.03 bits per heavy atom. The number of amides is 1. The van der Waals surface area contributed by atoms with Crippen molar-refractivity contribution in [1.29, 1.82) is 0 Å². The van der Waals surface area contributed by atoms with Gasteiger partial charge in [0.25, 0.3) is 0 Å². The van der Waals surface area contributed by atoms with Crippen molar-refractivity contribution in [3.05, 3.63) is 29.3 Å². The zero-order valence-electron chi connectivity index (χ0n) is 17.9. The number of nitrogens with one attached hydrogen (secondary N) is 1. The van der Waals surface area contributed by atoms with E-state index in [1.807, 2.05) is 25.7 Å². The molecule has 2 aliphatic rings. The Morgan fingerprint density at radius 3 is 2.79 bits per heavy atom. The monoisotopic (exact) mass is 514 g/mol. The highest BCUT2D eigenvalue weighted by Crippen LogP contribution is 2.25. The number of fused-ring (bicyclic) bond motifs is 1. The number of aryl methyl sites for hydroxylation is 2. The number of nitrogens with two attached hydrogens (primary N) is 1. The zero-order valence-corrected chi connectivity index (χ0v) is 20.2. The van der Waals surface area contributed by atoms with Gasteiger partial charge in [-0.25, -0.2) is 4.79 Å². The van der Waals surface area contributed by atoms with Crippen molar-refractivity contribution >= 4 is 41.7 Å². The molecule has 3 rings (SSSR count). The van der Waals surface area contributed by atoms with E-state index in [4.69, 9.17) is 10.5 Å². The second kappa shape index (κ2) is 10.5. The van der Waals surface area contributed by atoms with Gasteiger partial charge >= 0.3 is 6.09 Å². The molecular formula is C22H35IN4O2. The lowest BCUT2D eigenvalue weighted by Crippen LogP contribution is -2.43. The van der Waals surface area contributed by atoms with Crippen LogP contribution < -0.4 is 11.1 Å². The topological polar surface area (TPSA) is 80.0 Å². The third-order valence-electron chi connectivity index (χ3n) is 5.36. The number of guanidine groups is 1. The molecule has 1 unspecified atom stereocenters. The molecule has 1 aliphatic heterocycles. The van der Waals surface area contributed by atoms with Gasteiger partial charge in [0.15, 0.2) is 5.96 Å². The first-order valence-electron chi connectivity index (χ1n) is 10.5. The van der Waals surface area contributed by atoms with Gasteiger partial charge in [0.1, 0.15) is 5.60 Å². The van der Waals surface area contributed by atoms with Crippen LogP contribution in [-0.2, 0) is 17.6 Å². The highest BCUT2D eigenvalue weighted by atomic mass is 127. The molecule has 1 aromatic carbocycles. The summed E-state index contributed by atoms with van der Waals surface area (Å²) in [6, 6.07) is 6.45. The lowest BCUT2D eigenvalue weighted by atomic mass is 9.95. The molecule has 1 amide bonds.